The van der Waals surface area contributed by atoms with Gasteiger partial charge in [-0.05, 0) is 34.4 Å². The Bertz CT molecular complexity index is 1350. The molecule has 7 heteroatoms. The number of halogens is 3. The van der Waals surface area contributed by atoms with Crippen LogP contribution in [0.25, 0.3) is 43.4 Å². The SMILES string of the molecule is FC(F)(F)c1cccc(-c2nnc(-c3[c-]ccs3)c3cc4ccccc4cc23)c1.[Ir]. The Hall–Kier alpha value is -2.60. The summed E-state index contributed by atoms with van der Waals surface area (Å²) in [5, 5.41) is 14.2. The summed E-state index contributed by atoms with van der Waals surface area (Å²) in [4.78, 5) is 0.841. The average Bonchev–Trinajstić information content (AvgIpc) is 3.25. The van der Waals surface area contributed by atoms with Gasteiger partial charge in [0, 0.05) is 36.7 Å². The Kier molecular flexibility index (Phi) is 5.45. The van der Waals surface area contributed by atoms with E-state index < -0.39 is 11.7 Å². The van der Waals surface area contributed by atoms with Crippen LogP contribution in [0.3, 0.4) is 0 Å². The van der Waals surface area contributed by atoms with E-state index in [-0.39, 0.29) is 20.1 Å². The molecule has 5 rings (SSSR count). The van der Waals surface area contributed by atoms with Gasteiger partial charge < -0.3 is 0 Å². The van der Waals surface area contributed by atoms with E-state index in [0.29, 0.717) is 17.0 Å². The summed E-state index contributed by atoms with van der Waals surface area (Å²) < 4.78 is 39.7. The van der Waals surface area contributed by atoms with E-state index in [2.05, 4.69) is 16.3 Å². The summed E-state index contributed by atoms with van der Waals surface area (Å²) in [5.74, 6) is 0. The molecule has 0 amide bonds. The fourth-order valence-electron chi connectivity index (χ4n) is 3.43. The molecule has 0 saturated carbocycles. The zero-order chi connectivity index (χ0) is 20.0. The van der Waals surface area contributed by atoms with Gasteiger partial charge in [-0.25, -0.2) is 16.4 Å². The van der Waals surface area contributed by atoms with E-state index in [1.54, 1.807) is 6.07 Å². The number of rotatable bonds is 2. The predicted molar refractivity (Wildman–Crippen MR) is 110 cm³/mol. The molecule has 0 saturated heterocycles. The number of nitrogens with zero attached hydrogens (tertiary/aromatic N) is 2. The minimum absolute atomic E-state index is 0. The van der Waals surface area contributed by atoms with E-state index in [1.165, 1.54) is 17.4 Å². The fraction of sp³-hybridized carbons (Fsp3) is 0.0435. The van der Waals surface area contributed by atoms with Crippen LogP contribution in [0, 0.1) is 6.07 Å². The van der Waals surface area contributed by atoms with E-state index in [0.717, 1.165) is 38.6 Å². The quantitative estimate of drug-likeness (QED) is 0.162. The normalized spacial score (nSPS) is 11.6. The molecule has 0 fully saturated rings. The van der Waals surface area contributed by atoms with Crippen LogP contribution in [0.1, 0.15) is 5.56 Å². The Morgan fingerprint density at radius 2 is 1.47 bits per heavy atom. The van der Waals surface area contributed by atoms with E-state index in [9.17, 15) is 13.2 Å². The van der Waals surface area contributed by atoms with Gasteiger partial charge in [0.1, 0.15) is 0 Å². The van der Waals surface area contributed by atoms with Crippen molar-refractivity contribution in [2.45, 2.75) is 6.18 Å². The molecule has 0 aliphatic rings. The minimum Gasteiger partial charge on any atom is -0.237 e. The summed E-state index contributed by atoms with van der Waals surface area (Å²) in [6, 6.07) is 22.0. The third-order valence-electron chi connectivity index (χ3n) is 4.79. The van der Waals surface area contributed by atoms with Crippen LogP contribution in [0.4, 0.5) is 13.2 Å². The summed E-state index contributed by atoms with van der Waals surface area (Å²) >= 11 is 1.50. The molecule has 0 aliphatic heterocycles. The largest absolute Gasteiger partial charge is 0.416 e. The van der Waals surface area contributed by atoms with E-state index >= 15 is 0 Å². The Morgan fingerprint density at radius 3 is 2.10 bits per heavy atom. The standard InChI is InChI=1S/C23H12F3N2S.Ir/c24-23(25,26)17-8-3-7-16(11-17)21-18-12-14-5-1-2-6-15(14)13-19(18)22(28-27-21)20-9-4-10-29-20;/h1-8,10-13H;/q-1;. The molecule has 3 aromatic carbocycles. The van der Waals surface area contributed by atoms with Gasteiger partial charge in [0.05, 0.1) is 11.3 Å². The fourth-order valence-corrected chi connectivity index (χ4v) is 4.10. The van der Waals surface area contributed by atoms with Crippen LogP contribution < -0.4 is 0 Å². The van der Waals surface area contributed by atoms with Gasteiger partial charge in [-0.3, -0.25) is 0 Å². The molecule has 30 heavy (non-hydrogen) atoms. The first kappa shape index (κ1) is 20.7. The number of fused-ring (bicyclic) bond motifs is 2. The monoisotopic (exact) mass is 598 g/mol. The van der Waals surface area contributed by atoms with Crippen LogP contribution in [0.5, 0.6) is 0 Å². The van der Waals surface area contributed by atoms with Crippen LogP contribution in [0.2, 0.25) is 0 Å². The number of benzene rings is 3. The van der Waals surface area contributed by atoms with Crippen molar-refractivity contribution in [1.82, 2.24) is 10.2 Å². The first-order valence-electron chi connectivity index (χ1n) is 8.83. The second-order valence-corrected chi connectivity index (χ2v) is 7.53. The molecule has 0 atom stereocenters. The van der Waals surface area contributed by atoms with Crippen molar-refractivity contribution in [3.8, 4) is 21.8 Å². The minimum atomic E-state index is -4.42. The van der Waals surface area contributed by atoms with Crippen molar-refractivity contribution >= 4 is 32.9 Å². The molecule has 5 aromatic rings. The van der Waals surface area contributed by atoms with Crippen molar-refractivity contribution in [1.29, 1.82) is 0 Å². The molecule has 0 bridgehead atoms. The predicted octanol–water partition coefficient (Wildman–Crippen LogP) is 6.99. The van der Waals surface area contributed by atoms with E-state index in [1.807, 2.05) is 47.8 Å². The molecule has 1 radical (unpaired) electrons. The molecule has 2 aromatic heterocycles. The maximum atomic E-state index is 13.2. The van der Waals surface area contributed by atoms with Gasteiger partial charge in [0.2, 0.25) is 0 Å². The van der Waals surface area contributed by atoms with Gasteiger partial charge >= 0.3 is 6.18 Å². The van der Waals surface area contributed by atoms with Crippen LogP contribution in [0.15, 0.2) is 72.1 Å². The third-order valence-corrected chi connectivity index (χ3v) is 5.61. The number of hydrogen-bond donors (Lipinski definition) is 0. The Labute approximate surface area is 187 Å². The van der Waals surface area contributed by atoms with Crippen LogP contribution in [-0.4, -0.2) is 10.2 Å². The van der Waals surface area contributed by atoms with Gasteiger partial charge in [-0.15, -0.1) is 5.38 Å². The van der Waals surface area contributed by atoms with Gasteiger partial charge in [-0.1, -0.05) is 47.3 Å². The number of aromatic nitrogens is 2. The second-order valence-electron chi connectivity index (χ2n) is 6.61. The van der Waals surface area contributed by atoms with E-state index in [4.69, 9.17) is 0 Å². The molecule has 2 heterocycles. The Morgan fingerprint density at radius 1 is 0.800 bits per heavy atom. The van der Waals surface area contributed by atoms with Gasteiger partial charge in [0.25, 0.3) is 0 Å². The zero-order valence-corrected chi connectivity index (χ0v) is 18.4. The third kappa shape index (κ3) is 3.65. The zero-order valence-electron chi connectivity index (χ0n) is 15.2. The molecule has 2 nitrogen and oxygen atoms in total. The topological polar surface area (TPSA) is 25.8 Å². The molecule has 0 aliphatic carbocycles. The summed E-state index contributed by atoms with van der Waals surface area (Å²) in [7, 11) is 0. The van der Waals surface area contributed by atoms with Crippen molar-refractivity contribution < 1.29 is 33.3 Å². The number of thiophene rings is 1. The van der Waals surface area contributed by atoms with Gasteiger partial charge in [-0.2, -0.15) is 30.4 Å². The maximum Gasteiger partial charge on any atom is 0.416 e. The second kappa shape index (κ2) is 7.91. The smallest absolute Gasteiger partial charge is 0.237 e. The first-order valence-corrected chi connectivity index (χ1v) is 9.71. The average molecular weight is 598 g/mol. The van der Waals surface area contributed by atoms with Crippen molar-refractivity contribution in [2.24, 2.45) is 0 Å². The summed E-state index contributed by atoms with van der Waals surface area (Å²) in [5.41, 5.74) is 0.782. The Balaban J connectivity index is 0.00000218. The molecular formula is C23H12F3IrN2S-. The number of alkyl halides is 3. The number of hydrogen-bond acceptors (Lipinski definition) is 3. The van der Waals surface area contributed by atoms with Crippen molar-refractivity contribution in [3.63, 3.8) is 0 Å². The van der Waals surface area contributed by atoms with Crippen LogP contribution in [-0.2, 0) is 26.3 Å². The van der Waals surface area contributed by atoms with Gasteiger partial charge in [0.15, 0.2) is 0 Å². The van der Waals surface area contributed by atoms with Crippen molar-refractivity contribution in [2.75, 3.05) is 0 Å². The first-order chi connectivity index (χ1) is 14.0. The van der Waals surface area contributed by atoms with Crippen LogP contribution >= 0.6 is 11.3 Å². The summed E-state index contributed by atoms with van der Waals surface area (Å²) in [6.45, 7) is 0. The molecule has 151 valence electrons. The van der Waals surface area contributed by atoms with Crippen molar-refractivity contribution in [3.05, 3.63) is 83.7 Å². The molecular weight excluding hydrogens is 586 g/mol. The molecule has 0 spiro atoms. The molecule has 0 N–H and O–H groups in total. The maximum absolute atomic E-state index is 13.2. The molecule has 0 unspecified atom stereocenters. The summed E-state index contributed by atoms with van der Waals surface area (Å²) in [6.07, 6.45) is -4.42.